The number of hydrogen-bond donors (Lipinski definition) is 1. The molecule has 108 valence electrons. The minimum atomic E-state index is 0.130. The van der Waals surface area contributed by atoms with Crippen LogP contribution in [-0.4, -0.2) is 18.5 Å². The maximum Gasteiger partial charge on any atom is 0.230 e. The van der Waals surface area contributed by atoms with Crippen LogP contribution in [0.4, 0.5) is 5.69 Å². The zero-order valence-electron chi connectivity index (χ0n) is 12.0. The summed E-state index contributed by atoms with van der Waals surface area (Å²) >= 11 is 0. The fourth-order valence-electron chi connectivity index (χ4n) is 3.33. The molecule has 2 atom stereocenters. The third-order valence-corrected chi connectivity index (χ3v) is 4.82. The molecule has 3 nitrogen and oxygen atoms in total. The van der Waals surface area contributed by atoms with Crippen molar-refractivity contribution in [3.05, 3.63) is 30.3 Å². The van der Waals surface area contributed by atoms with Crippen molar-refractivity contribution in [1.82, 2.24) is 0 Å². The molecule has 3 rings (SSSR count). The highest BCUT2D eigenvalue weighted by molar-refractivity contribution is 5.95. The third-order valence-electron chi connectivity index (χ3n) is 4.82. The molecule has 1 aromatic carbocycles. The van der Waals surface area contributed by atoms with E-state index in [-0.39, 0.29) is 17.9 Å². The number of carbonyl (C=O) groups is 1. The molecule has 2 fully saturated rings. The van der Waals surface area contributed by atoms with Gasteiger partial charge in [0.25, 0.3) is 0 Å². The maximum absolute atomic E-state index is 12.8. The summed E-state index contributed by atoms with van der Waals surface area (Å²) < 4.78 is 0. The Morgan fingerprint density at radius 2 is 1.90 bits per heavy atom. The number of rotatable bonds is 4. The van der Waals surface area contributed by atoms with Crippen molar-refractivity contribution in [1.29, 1.82) is 0 Å². The zero-order valence-corrected chi connectivity index (χ0v) is 12.0. The second kappa shape index (κ2) is 5.96. The van der Waals surface area contributed by atoms with Crippen LogP contribution in [0.2, 0.25) is 0 Å². The van der Waals surface area contributed by atoms with E-state index in [2.05, 4.69) is 0 Å². The fraction of sp³-hybridized carbons (Fsp3) is 0.588. The van der Waals surface area contributed by atoms with Crippen LogP contribution in [0.5, 0.6) is 0 Å². The van der Waals surface area contributed by atoms with Crippen molar-refractivity contribution < 1.29 is 4.79 Å². The monoisotopic (exact) mass is 272 g/mol. The standard InChI is InChI=1S/C17H24N2O/c18-15-10-9-14(11-15)17(20)19(12-13-5-4-6-13)16-7-2-1-3-8-16/h1-3,7-8,13-15H,4-6,9-12,18H2. The summed E-state index contributed by atoms with van der Waals surface area (Å²) in [5, 5.41) is 0. The lowest BCUT2D eigenvalue weighted by Crippen LogP contribution is -2.40. The van der Waals surface area contributed by atoms with Crippen LogP contribution < -0.4 is 10.6 Å². The second-order valence-corrected chi connectivity index (χ2v) is 6.35. The van der Waals surface area contributed by atoms with E-state index in [0.717, 1.165) is 31.5 Å². The van der Waals surface area contributed by atoms with Gasteiger partial charge in [-0.1, -0.05) is 24.6 Å². The van der Waals surface area contributed by atoms with Crippen LogP contribution >= 0.6 is 0 Å². The summed E-state index contributed by atoms with van der Waals surface area (Å²) in [4.78, 5) is 14.9. The van der Waals surface area contributed by atoms with E-state index >= 15 is 0 Å². The highest BCUT2D eigenvalue weighted by Crippen LogP contribution is 2.32. The van der Waals surface area contributed by atoms with Gasteiger partial charge in [0.2, 0.25) is 5.91 Å². The van der Waals surface area contributed by atoms with E-state index in [4.69, 9.17) is 5.73 Å². The Bertz CT molecular complexity index is 455. The van der Waals surface area contributed by atoms with Crippen molar-refractivity contribution in [3.8, 4) is 0 Å². The normalized spacial score (nSPS) is 26.2. The number of hydrogen-bond acceptors (Lipinski definition) is 2. The van der Waals surface area contributed by atoms with E-state index in [1.54, 1.807) is 0 Å². The molecule has 0 spiro atoms. The molecule has 2 aliphatic carbocycles. The van der Waals surface area contributed by atoms with Crippen LogP contribution in [0, 0.1) is 11.8 Å². The molecule has 2 saturated carbocycles. The summed E-state index contributed by atoms with van der Waals surface area (Å²) in [6.45, 7) is 0.884. The Balaban J connectivity index is 1.75. The number of nitrogens with zero attached hydrogens (tertiary/aromatic N) is 1. The lowest BCUT2D eigenvalue weighted by Gasteiger charge is -2.34. The lowest BCUT2D eigenvalue weighted by atomic mass is 9.84. The van der Waals surface area contributed by atoms with Gasteiger partial charge in [0, 0.05) is 24.2 Å². The Labute approximate surface area is 121 Å². The molecule has 2 unspecified atom stereocenters. The van der Waals surface area contributed by atoms with E-state index in [1.165, 1.54) is 19.3 Å². The highest BCUT2D eigenvalue weighted by atomic mass is 16.2. The fourth-order valence-corrected chi connectivity index (χ4v) is 3.33. The van der Waals surface area contributed by atoms with Crippen LogP contribution in [0.1, 0.15) is 38.5 Å². The largest absolute Gasteiger partial charge is 0.328 e. The number of nitrogens with two attached hydrogens (primary N) is 1. The predicted octanol–water partition coefficient (Wildman–Crippen LogP) is 2.95. The van der Waals surface area contributed by atoms with Crippen molar-refractivity contribution in [2.75, 3.05) is 11.4 Å². The van der Waals surface area contributed by atoms with Crippen LogP contribution in [0.3, 0.4) is 0 Å². The Morgan fingerprint density at radius 3 is 2.45 bits per heavy atom. The van der Waals surface area contributed by atoms with Gasteiger partial charge in [0.05, 0.1) is 0 Å². The number of para-hydroxylation sites is 1. The number of carbonyl (C=O) groups excluding carboxylic acids is 1. The minimum absolute atomic E-state index is 0.130. The number of benzene rings is 1. The van der Waals surface area contributed by atoms with Gasteiger partial charge < -0.3 is 10.6 Å². The number of amides is 1. The van der Waals surface area contributed by atoms with Crippen molar-refractivity contribution in [3.63, 3.8) is 0 Å². The van der Waals surface area contributed by atoms with Gasteiger partial charge in [-0.15, -0.1) is 0 Å². The molecular weight excluding hydrogens is 248 g/mol. The molecule has 1 aromatic rings. The second-order valence-electron chi connectivity index (χ2n) is 6.35. The van der Waals surface area contributed by atoms with Crippen LogP contribution in [0.15, 0.2) is 30.3 Å². The molecule has 3 heteroatoms. The number of anilines is 1. The van der Waals surface area contributed by atoms with E-state index in [1.807, 2.05) is 35.2 Å². The summed E-state index contributed by atoms with van der Waals surface area (Å²) in [6.07, 6.45) is 6.64. The van der Waals surface area contributed by atoms with Gasteiger partial charge in [-0.2, -0.15) is 0 Å². The summed E-state index contributed by atoms with van der Waals surface area (Å²) in [5.41, 5.74) is 7.02. The molecule has 2 aliphatic rings. The highest BCUT2D eigenvalue weighted by Gasteiger charge is 2.33. The molecule has 20 heavy (non-hydrogen) atoms. The van der Waals surface area contributed by atoms with Gasteiger partial charge in [-0.3, -0.25) is 4.79 Å². The summed E-state index contributed by atoms with van der Waals surface area (Å²) in [7, 11) is 0. The molecule has 0 radical (unpaired) electrons. The Kier molecular flexibility index (Phi) is 4.06. The van der Waals surface area contributed by atoms with Gasteiger partial charge in [0.15, 0.2) is 0 Å². The Morgan fingerprint density at radius 1 is 1.15 bits per heavy atom. The molecule has 0 aromatic heterocycles. The summed E-state index contributed by atoms with van der Waals surface area (Å²) in [5.74, 6) is 1.11. The van der Waals surface area contributed by atoms with Crippen LogP contribution in [-0.2, 0) is 4.79 Å². The topological polar surface area (TPSA) is 46.3 Å². The van der Waals surface area contributed by atoms with E-state index < -0.39 is 0 Å². The van der Waals surface area contributed by atoms with E-state index in [9.17, 15) is 4.79 Å². The maximum atomic E-state index is 12.8. The zero-order chi connectivity index (χ0) is 13.9. The first-order valence-corrected chi connectivity index (χ1v) is 7.86. The molecular formula is C17H24N2O. The first kappa shape index (κ1) is 13.6. The molecule has 0 saturated heterocycles. The average Bonchev–Trinajstić information content (AvgIpc) is 2.85. The van der Waals surface area contributed by atoms with Gasteiger partial charge in [-0.05, 0) is 50.2 Å². The van der Waals surface area contributed by atoms with Gasteiger partial charge in [0.1, 0.15) is 0 Å². The first-order valence-electron chi connectivity index (χ1n) is 7.86. The molecule has 1 amide bonds. The SMILES string of the molecule is NC1CCC(C(=O)N(CC2CCC2)c2ccccc2)C1. The average molecular weight is 272 g/mol. The van der Waals surface area contributed by atoms with Crippen molar-refractivity contribution in [2.45, 2.75) is 44.6 Å². The molecule has 0 aliphatic heterocycles. The molecule has 0 heterocycles. The first-order chi connectivity index (χ1) is 9.74. The van der Waals surface area contributed by atoms with Crippen molar-refractivity contribution >= 4 is 11.6 Å². The van der Waals surface area contributed by atoms with Crippen molar-refractivity contribution in [2.24, 2.45) is 17.6 Å². The van der Waals surface area contributed by atoms with Gasteiger partial charge >= 0.3 is 0 Å². The smallest absolute Gasteiger partial charge is 0.230 e. The third kappa shape index (κ3) is 2.88. The minimum Gasteiger partial charge on any atom is -0.328 e. The quantitative estimate of drug-likeness (QED) is 0.916. The lowest BCUT2D eigenvalue weighted by molar-refractivity contribution is -0.122. The molecule has 2 N–H and O–H groups in total. The van der Waals surface area contributed by atoms with Crippen LogP contribution in [0.25, 0.3) is 0 Å². The van der Waals surface area contributed by atoms with Gasteiger partial charge in [-0.25, -0.2) is 0 Å². The molecule has 0 bridgehead atoms. The Hall–Kier alpha value is -1.35. The predicted molar refractivity (Wildman–Crippen MR) is 81.5 cm³/mol. The summed E-state index contributed by atoms with van der Waals surface area (Å²) in [6, 6.07) is 10.3. The van der Waals surface area contributed by atoms with E-state index in [0.29, 0.717) is 5.92 Å².